The second kappa shape index (κ2) is 9.31. The molecule has 0 radical (unpaired) electrons. The second-order valence-corrected chi connectivity index (χ2v) is 10.4. The van der Waals surface area contributed by atoms with Crippen LogP contribution in [0.3, 0.4) is 0 Å². The highest BCUT2D eigenvalue weighted by Crippen LogP contribution is 2.44. The van der Waals surface area contributed by atoms with E-state index in [0.717, 1.165) is 65.9 Å². The molecule has 3 aliphatic rings. The molecular formula is C29H28BrN3O2. The van der Waals surface area contributed by atoms with E-state index in [2.05, 4.69) is 92.5 Å². The van der Waals surface area contributed by atoms with Crippen LogP contribution in [0.2, 0.25) is 0 Å². The number of rotatable bonds is 3. The first-order valence-corrected chi connectivity index (χ1v) is 13.1. The van der Waals surface area contributed by atoms with Gasteiger partial charge in [0, 0.05) is 49.2 Å². The van der Waals surface area contributed by atoms with Crippen LogP contribution in [0.4, 0.5) is 11.4 Å². The number of hydrogen-bond acceptors (Lipinski definition) is 5. The molecule has 2 aliphatic heterocycles. The Labute approximate surface area is 215 Å². The molecule has 3 aromatic rings. The molecule has 0 saturated carbocycles. The summed E-state index contributed by atoms with van der Waals surface area (Å²) in [4.78, 5) is 4.82. The molecule has 5 nitrogen and oxygen atoms in total. The molecule has 0 N–H and O–H groups in total. The van der Waals surface area contributed by atoms with Crippen LogP contribution in [0.25, 0.3) is 11.1 Å². The summed E-state index contributed by atoms with van der Waals surface area (Å²) in [6.45, 7) is 4.92. The van der Waals surface area contributed by atoms with Gasteiger partial charge < -0.3 is 19.3 Å². The summed E-state index contributed by atoms with van der Waals surface area (Å²) >= 11 is 3.57. The number of nitriles is 1. The fourth-order valence-corrected chi connectivity index (χ4v) is 6.03. The lowest BCUT2D eigenvalue weighted by molar-refractivity contribution is -0.163. The van der Waals surface area contributed by atoms with E-state index < -0.39 is 5.79 Å². The van der Waals surface area contributed by atoms with Gasteiger partial charge in [-0.05, 0) is 59.0 Å². The molecule has 2 fully saturated rings. The number of nitrogens with zero attached hydrogens (tertiary/aromatic N) is 3. The van der Waals surface area contributed by atoms with Crippen molar-refractivity contribution < 1.29 is 9.47 Å². The van der Waals surface area contributed by atoms with Gasteiger partial charge in [-0.1, -0.05) is 46.3 Å². The quantitative estimate of drug-likeness (QED) is 0.445. The minimum Gasteiger partial charge on any atom is -0.368 e. The summed E-state index contributed by atoms with van der Waals surface area (Å²) in [6, 6.07) is 23.9. The number of ether oxygens (including phenoxy) is 2. The fourth-order valence-electron chi connectivity index (χ4n) is 5.76. The van der Waals surface area contributed by atoms with Crippen molar-refractivity contribution in [2.45, 2.75) is 25.0 Å². The molecule has 0 amide bonds. The molecule has 2 heterocycles. The third-order valence-corrected chi connectivity index (χ3v) is 8.08. The zero-order valence-electron chi connectivity index (χ0n) is 19.7. The predicted octanol–water partition coefficient (Wildman–Crippen LogP) is 5.55. The largest absolute Gasteiger partial charge is 0.368 e. The minimum atomic E-state index is -0.549. The summed E-state index contributed by atoms with van der Waals surface area (Å²) in [7, 11) is 0. The minimum absolute atomic E-state index is 0.549. The highest BCUT2D eigenvalue weighted by molar-refractivity contribution is 9.10. The van der Waals surface area contributed by atoms with Crippen molar-refractivity contribution in [3.05, 3.63) is 81.8 Å². The smallest absolute Gasteiger partial charge is 0.172 e. The fraction of sp³-hybridized carbons (Fsp3) is 0.345. The second-order valence-electron chi connectivity index (χ2n) is 9.49. The summed E-state index contributed by atoms with van der Waals surface area (Å²) < 4.78 is 13.2. The zero-order valence-corrected chi connectivity index (χ0v) is 21.3. The summed E-state index contributed by atoms with van der Waals surface area (Å²) in [5, 5.41) is 10.3. The monoisotopic (exact) mass is 529 g/mol. The van der Waals surface area contributed by atoms with E-state index in [1.807, 2.05) is 0 Å². The van der Waals surface area contributed by atoms with Crippen LogP contribution in [-0.2, 0) is 22.3 Å². The lowest BCUT2D eigenvalue weighted by Gasteiger charge is -2.40. The molecule has 178 valence electrons. The van der Waals surface area contributed by atoms with Crippen molar-refractivity contribution in [1.82, 2.24) is 0 Å². The zero-order chi connectivity index (χ0) is 23.8. The Morgan fingerprint density at radius 3 is 2.23 bits per heavy atom. The lowest BCUT2D eigenvalue weighted by atomic mass is 9.79. The number of para-hydroxylation sites is 1. The Kier molecular flexibility index (Phi) is 6.01. The van der Waals surface area contributed by atoms with Gasteiger partial charge in [0.1, 0.15) is 6.07 Å². The summed E-state index contributed by atoms with van der Waals surface area (Å²) in [6.07, 6.45) is 2.27. The number of halogens is 1. The van der Waals surface area contributed by atoms with Gasteiger partial charge in [-0.3, -0.25) is 0 Å². The van der Waals surface area contributed by atoms with Crippen LogP contribution in [-0.4, -0.2) is 45.2 Å². The molecule has 0 unspecified atom stereocenters. The van der Waals surface area contributed by atoms with E-state index in [0.29, 0.717) is 19.6 Å². The van der Waals surface area contributed by atoms with Crippen LogP contribution < -0.4 is 9.80 Å². The number of benzene rings is 3. The third-order valence-electron chi connectivity index (χ3n) is 7.55. The highest BCUT2D eigenvalue weighted by atomic mass is 79.9. The maximum absolute atomic E-state index is 10.3. The first-order valence-electron chi connectivity index (χ1n) is 12.3. The Balaban J connectivity index is 1.39. The van der Waals surface area contributed by atoms with Crippen molar-refractivity contribution in [3.8, 4) is 17.2 Å². The van der Waals surface area contributed by atoms with Crippen molar-refractivity contribution in [3.63, 3.8) is 0 Å². The van der Waals surface area contributed by atoms with Gasteiger partial charge in [0.25, 0.3) is 0 Å². The Morgan fingerprint density at radius 1 is 0.857 bits per heavy atom. The Hall–Kier alpha value is -2.85. The van der Waals surface area contributed by atoms with E-state index in [4.69, 9.17) is 9.47 Å². The van der Waals surface area contributed by atoms with Crippen molar-refractivity contribution >= 4 is 27.3 Å². The Morgan fingerprint density at radius 2 is 1.54 bits per heavy atom. The first kappa shape index (κ1) is 22.6. The number of hydrogen-bond donors (Lipinski definition) is 0. The van der Waals surface area contributed by atoms with Gasteiger partial charge in [-0.15, -0.1) is 0 Å². The third kappa shape index (κ3) is 4.23. The molecular weight excluding hydrogens is 502 g/mol. The van der Waals surface area contributed by atoms with E-state index >= 15 is 0 Å². The van der Waals surface area contributed by atoms with Gasteiger partial charge in [0.05, 0.1) is 24.5 Å². The highest BCUT2D eigenvalue weighted by Gasteiger charge is 2.42. The van der Waals surface area contributed by atoms with Crippen LogP contribution >= 0.6 is 15.9 Å². The molecule has 0 bridgehead atoms. The van der Waals surface area contributed by atoms with Gasteiger partial charge in [0.15, 0.2) is 5.79 Å². The van der Waals surface area contributed by atoms with Crippen LogP contribution in [0.5, 0.6) is 0 Å². The van der Waals surface area contributed by atoms with Crippen LogP contribution in [0.15, 0.2) is 65.1 Å². The molecule has 0 atom stereocenters. The maximum atomic E-state index is 10.3. The van der Waals surface area contributed by atoms with E-state index in [-0.39, 0.29) is 0 Å². The molecule has 2 saturated heterocycles. The van der Waals surface area contributed by atoms with Gasteiger partial charge in [-0.25, -0.2) is 0 Å². The van der Waals surface area contributed by atoms with Crippen LogP contribution in [0, 0.1) is 11.3 Å². The van der Waals surface area contributed by atoms with E-state index in [1.165, 1.54) is 16.8 Å². The topological polar surface area (TPSA) is 48.7 Å². The molecule has 1 aliphatic carbocycles. The van der Waals surface area contributed by atoms with Gasteiger partial charge in [0.2, 0.25) is 0 Å². The molecule has 6 rings (SSSR count). The normalized spacial score (nSPS) is 19.0. The summed E-state index contributed by atoms with van der Waals surface area (Å²) in [5.74, 6) is -0.549. The van der Waals surface area contributed by atoms with Gasteiger partial charge in [-0.2, -0.15) is 5.26 Å². The van der Waals surface area contributed by atoms with Crippen molar-refractivity contribution in [2.75, 3.05) is 49.2 Å². The lowest BCUT2D eigenvalue weighted by Crippen LogP contribution is -2.47. The molecule has 1 spiro atoms. The average Bonchev–Trinajstić information content (AvgIpc) is 3.36. The maximum Gasteiger partial charge on any atom is 0.172 e. The average molecular weight is 530 g/mol. The number of piperazine rings is 1. The van der Waals surface area contributed by atoms with Gasteiger partial charge >= 0.3 is 0 Å². The molecule has 6 heteroatoms. The van der Waals surface area contributed by atoms with E-state index in [1.54, 1.807) is 0 Å². The SMILES string of the molecule is N#Cc1c(N2CCN(c3ccccc3)CC2)cc(-c2ccc(Br)cc2)c2c1CCC1(C2)OCCO1. The predicted molar refractivity (Wildman–Crippen MR) is 142 cm³/mol. The van der Waals surface area contributed by atoms with Crippen molar-refractivity contribution in [2.24, 2.45) is 0 Å². The Bertz CT molecular complexity index is 1260. The number of fused-ring (bicyclic) bond motifs is 1. The molecule has 3 aromatic carbocycles. The summed E-state index contributed by atoms with van der Waals surface area (Å²) in [5.41, 5.74) is 7.85. The standard InChI is InChI=1S/C29H28BrN3O2/c30-22-8-6-21(7-9-22)25-18-28(33-14-12-32(13-15-33)23-4-2-1-3-5-23)27(20-31)24-10-11-29(19-26(24)25)34-16-17-35-29/h1-9,18H,10-17,19H2. The van der Waals surface area contributed by atoms with E-state index in [9.17, 15) is 5.26 Å². The molecule has 0 aromatic heterocycles. The number of anilines is 2. The van der Waals surface area contributed by atoms with Crippen molar-refractivity contribution in [1.29, 1.82) is 5.26 Å². The molecule has 35 heavy (non-hydrogen) atoms. The van der Waals surface area contributed by atoms with Crippen LogP contribution in [0.1, 0.15) is 23.1 Å². The first-order chi connectivity index (χ1) is 17.2.